The maximum Gasteiger partial charge on any atom is 0.159 e. The third-order valence-electron chi connectivity index (χ3n) is 7.55. The van der Waals surface area contributed by atoms with E-state index < -0.39 is 0 Å². The lowest BCUT2D eigenvalue weighted by Crippen LogP contribution is -2.20. The lowest BCUT2D eigenvalue weighted by molar-refractivity contribution is 0.334. The number of nitrogens with one attached hydrogen (secondary N) is 2. The van der Waals surface area contributed by atoms with Crippen LogP contribution < -0.4 is 0 Å². The molecule has 39 heavy (non-hydrogen) atoms. The number of H-pyrrole nitrogens is 2. The fourth-order valence-electron chi connectivity index (χ4n) is 5.61. The van der Waals surface area contributed by atoms with Gasteiger partial charge in [0.1, 0.15) is 17.0 Å². The fourth-order valence-corrected chi connectivity index (χ4v) is 5.61. The highest BCUT2D eigenvalue weighted by Crippen LogP contribution is 2.33. The Kier molecular flexibility index (Phi) is 6.09. The molecule has 0 bridgehead atoms. The SMILES string of the molecule is Fc1cc(CCCN2CCCC2)cc(-c2nccc3[nH]c(-c4n[nH]c5ccc(-c6cccnc6)cc45)nc23)c1. The molecule has 2 aromatic carbocycles. The number of halogens is 1. The molecule has 1 aliphatic rings. The molecule has 7 rings (SSSR count). The van der Waals surface area contributed by atoms with Crippen molar-refractivity contribution in [2.45, 2.75) is 25.7 Å². The second kappa shape index (κ2) is 10.0. The molecule has 0 radical (unpaired) electrons. The zero-order valence-corrected chi connectivity index (χ0v) is 21.5. The molecule has 0 spiro atoms. The number of aromatic amines is 2. The number of aryl methyl sites for hydroxylation is 1. The average Bonchev–Trinajstić information content (AvgIpc) is 3.72. The summed E-state index contributed by atoms with van der Waals surface area (Å²) in [6.45, 7) is 3.41. The normalized spacial score (nSPS) is 14.1. The molecule has 1 aliphatic heterocycles. The molecule has 0 saturated carbocycles. The van der Waals surface area contributed by atoms with Crippen LogP contribution in [0.4, 0.5) is 4.39 Å². The Bertz CT molecular complexity index is 1770. The summed E-state index contributed by atoms with van der Waals surface area (Å²) < 4.78 is 14.7. The summed E-state index contributed by atoms with van der Waals surface area (Å²) in [4.78, 5) is 19.7. The van der Waals surface area contributed by atoms with E-state index in [0.29, 0.717) is 17.0 Å². The fraction of sp³-hybridized carbons (Fsp3) is 0.226. The van der Waals surface area contributed by atoms with Gasteiger partial charge >= 0.3 is 0 Å². The first-order valence-electron chi connectivity index (χ1n) is 13.5. The van der Waals surface area contributed by atoms with Crippen molar-refractivity contribution in [2.75, 3.05) is 19.6 Å². The molecule has 0 atom stereocenters. The number of hydrogen-bond acceptors (Lipinski definition) is 5. The minimum Gasteiger partial charge on any atom is -0.336 e. The van der Waals surface area contributed by atoms with Gasteiger partial charge in [0.25, 0.3) is 0 Å². The number of rotatable bonds is 7. The summed E-state index contributed by atoms with van der Waals surface area (Å²) >= 11 is 0. The topological polar surface area (TPSA) is 86.4 Å². The Morgan fingerprint density at radius 1 is 0.872 bits per heavy atom. The highest BCUT2D eigenvalue weighted by Gasteiger charge is 2.17. The molecule has 0 amide bonds. The maximum atomic E-state index is 14.7. The molecule has 8 heteroatoms. The van der Waals surface area contributed by atoms with E-state index in [1.807, 2.05) is 36.5 Å². The molecular formula is C31H28FN7. The van der Waals surface area contributed by atoms with E-state index in [1.54, 1.807) is 24.5 Å². The van der Waals surface area contributed by atoms with Crippen LogP contribution in [0.15, 0.2) is 73.2 Å². The van der Waals surface area contributed by atoms with E-state index in [9.17, 15) is 4.39 Å². The van der Waals surface area contributed by atoms with Crippen LogP contribution in [0.1, 0.15) is 24.8 Å². The smallest absolute Gasteiger partial charge is 0.159 e. The third kappa shape index (κ3) is 4.68. The van der Waals surface area contributed by atoms with Gasteiger partial charge in [-0.05, 0) is 98.9 Å². The molecule has 6 aromatic rings. The van der Waals surface area contributed by atoms with E-state index in [1.165, 1.54) is 25.9 Å². The van der Waals surface area contributed by atoms with E-state index >= 15 is 0 Å². The lowest BCUT2D eigenvalue weighted by Gasteiger charge is -2.14. The Balaban J connectivity index is 1.23. The number of benzene rings is 2. The minimum absolute atomic E-state index is 0.250. The first-order valence-corrected chi connectivity index (χ1v) is 13.5. The van der Waals surface area contributed by atoms with Gasteiger partial charge in [-0.2, -0.15) is 5.10 Å². The summed E-state index contributed by atoms with van der Waals surface area (Å²) in [5, 5.41) is 8.64. The van der Waals surface area contributed by atoms with E-state index in [2.05, 4.69) is 42.2 Å². The van der Waals surface area contributed by atoms with Gasteiger partial charge in [-0.3, -0.25) is 15.1 Å². The van der Waals surface area contributed by atoms with Gasteiger partial charge in [-0.1, -0.05) is 12.1 Å². The van der Waals surface area contributed by atoms with Crippen molar-refractivity contribution in [1.29, 1.82) is 0 Å². The Hall–Kier alpha value is -4.43. The van der Waals surface area contributed by atoms with Gasteiger partial charge in [0.15, 0.2) is 5.82 Å². The lowest BCUT2D eigenvalue weighted by atomic mass is 10.0. The highest BCUT2D eigenvalue weighted by molar-refractivity contribution is 5.97. The Labute approximate surface area is 225 Å². The molecule has 1 fully saturated rings. The van der Waals surface area contributed by atoms with Crippen LogP contribution in [-0.2, 0) is 6.42 Å². The molecule has 4 aromatic heterocycles. The summed E-state index contributed by atoms with van der Waals surface area (Å²) in [6, 6.07) is 17.2. The summed E-state index contributed by atoms with van der Waals surface area (Å²) in [6.07, 6.45) is 9.76. The van der Waals surface area contributed by atoms with Crippen LogP contribution in [0.5, 0.6) is 0 Å². The van der Waals surface area contributed by atoms with Gasteiger partial charge in [0.05, 0.1) is 16.7 Å². The summed E-state index contributed by atoms with van der Waals surface area (Å²) in [7, 11) is 0. The van der Waals surface area contributed by atoms with Gasteiger partial charge in [0, 0.05) is 35.1 Å². The van der Waals surface area contributed by atoms with Gasteiger partial charge in [0.2, 0.25) is 0 Å². The molecule has 7 nitrogen and oxygen atoms in total. The van der Waals surface area contributed by atoms with E-state index in [4.69, 9.17) is 4.98 Å². The van der Waals surface area contributed by atoms with Crippen LogP contribution >= 0.6 is 0 Å². The maximum absolute atomic E-state index is 14.7. The van der Waals surface area contributed by atoms with Gasteiger partial charge in [-0.15, -0.1) is 0 Å². The quantitative estimate of drug-likeness (QED) is 0.256. The van der Waals surface area contributed by atoms with Crippen molar-refractivity contribution >= 4 is 21.9 Å². The second-order valence-corrected chi connectivity index (χ2v) is 10.2. The molecule has 0 unspecified atom stereocenters. The van der Waals surface area contributed by atoms with Crippen molar-refractivity contribution in [2.24, 2.45) is 0 Å². The van der Waals surface area contributed by atoms with Crippen molar-refractivity contribution in [3.63, 3.8) is 0 Å². The van der Waals surface area contributed by atoms with Crippen LogP contribution in [0, 0.1) is 5.82 Å². The summed E-state index contributed by atoms with van der Waals surface area (Å²) in [5.41, 5.74) is 7.63. The highest BCUT2D eigenvalue weighted by atomic mass is 19.1. The van der Waals surface area contributed by atoms with Crippen LogP contribution in [-0.4, -0.2) is 54.7 Å². The summed E-state index contributed by atoms with van der Waals surface area (Å²) in [5.74, 6) is 0.385. The van der Waals surface area contributed by atoms with Crippen molar-refractivity contribution in [3.05, 3.63) is 84.6 Å². The molecular weight excluding hydrogens is 489 g/mol. The number of aromatic nitrogens is 6. The molecule has 5 heterocycles. The monoisotopic (exact) mass is 517 g/mol. The van der Waals surface area contributed by atoms with E-state index in [-0.39, 0.29) is 5.82 Å². The molecule has 2 N–H and O–H groups in total. The van der Waals surface area contributed by atoms with Gasteiger partial charge < -0.3 is 9.88 Å². The number of likely N-dealkylation sites (tertiary alicyclic amines) is 1. The largest absolute Gasteiger partial charge is 0.336 e. The zero-order chi connectivity index (χ0) is 26.2. The Morgan fingerprint density at radius 2 is 1.79 bits per heavy atom. The van der Waals surface area contributed by atoms with Crippen LogP contribution in [0.3, 0.4) is 0 Å². The first-order chi connectivity index (χ1) is 19.2. The minimum atomic E-state index is -0.250. The molecule has 194 valence electrons. The standard InChI is InChI=1S/C31H28FN7/c32-24-16-20(5-4-14-39-12-1-2-13-39)15-23(17-24)28-30-27(9-11-34-28)35-31(36-30)29-25-18-21(7-8-26(25)37-38-29)22-6-3-10-33-19-22/h3,6-11,15-19H,1-2,4-5,12-14H2,(H,35,36)(H,37,38). The first kappa shape index (κ1) is 23.7. The number of hydrogen-bond donors (Lipinski definition) is 2. The third-order valence-corrected chi connectivity index (χ3v) is 7.55. The molecule has 1 saturated heterocycles. The number of nitrogens with zero attached hydrogens (tertiary/aromatic N) is 5. The van der Waals surface area contributed by atoms with Crippen LogP contribution in [0.25, 0.3) is 55.8 Å². The Morgan fingerprint density at radius 3 is 2.67 bits per heavy atom. The average molecular weight is 518 g/mol. The van der Waals surface area contributed by atoms with Crippen molar-refractivity contribution < 1.29 is 4.39 Å². The van der Waals surface area contributed by atoms with Crippen LogP contribution in [0.2, 0.25) is 0 Å². The number of fused-ring (bicyclic) bond motifs is 2. The van der Waals surface area contributed by atoms with Crippen molar-refractivity contribution in [1.82, 2.24) is 35.0 Å². The number of pyridine rings is 2. The van der Waals surface area contributed by atoms with Crippen molar-refractivity contribution in [3.8, 4) is 33.9 Å². The van der Waals surface area contributed by atoms with E-state index in [0.717, 1.165) is 63.8 Å². The molecule has 0 aliphatic carbocycles. The predicted octanol–water partition coefficient (Wildman–Crippen LogP) is 6.40. The number of imidazole rings is 1. The van der Waals surface area contributed by atoms with Gasteiger partial charge in [-0.25, -0.2) is 9.37 Å². The second-order valence-electron chi connectivity index (χ2n) is 10.2. The zero-order valence-electron chi connectivity index (χ0n) is 21.5. The predicted molar refractivity (Wildman–Crippen MR) is 152 cm³/mol.